The second-order valence-corrected chi connectivity index (χ2v) is 7.43. The maximum Gasteiger partial charge on any atom is 0.255 e. The van der Waals surface area contributed by atoms with Crippen LogP contribution in [0.4, 0.5) is 5.82 Å². The van der Waals surface area contributed by atoms with Gasteiger partial charge in [-0.15, -0.1) is 24.8 Å². The summed E-state index contributed by atoms with van der Waals surface area (Å²) in [5.74, 6) is 1.77. The zero-order valence-corrected chi connectivity index (χ0v) is 18.6. The third-order valence-corrected chi connectivity index (χ3v) is 5.24. The van der Waals surface area contributed by atoms with Gasteiger partial charge in [-0.1, -0.05) is 37.3 Å². The van der Waals surface area contributed by atoms with Gasteiger partial charge < -0.3 is 15.5 Å². The van der Waals surface area contributed by atoms with E-state index in [1.165, 1.54) is 12.8 Å². The van der Waals surface area contributed by atoms with Crippen LogP contribution in [0.5, 0.6) is 0 Å². The number of carbonyl (C=O) groups excluding carboxylic acids is 1. The summed E-state index contributed by atoms with van der Waals surface area (Å²) < 4.78 is 0. The number of amides is 1. The van der Waals surface area contributed by atoms with Crippen molar-refractivity contribution in [2.45, 2.75) is 32.7 Å². The highest BCUT2D eigenvalue weighted by Gasteiger charge is 2.19. The van der Waals surface area contributed by atoms with Gasteiger partial charge in [-0.05, 0) is 49.4 Å². The van der Waals surface area contributed by atoms with Crippen LogP contribution in [-0.4, -0.2) is 42.0 Å². The molecule has 0 bridgehead atoms. The first kappa shape index (κ1) is 25.2. The smallest absolute Gasteiger partial charge is 0.255 e. The summed E-state index contributed by atoms with van der Waals surface area (Å²) in [6.07, 6.45) is 4.91. The van der Waals surface area contributed by atoms with Crippen molar-refractivity contribution in [1.82, 2.24) is 9.88 Å². The molecule has 1 aromatic heterocycles. The summed E-state index contributed by atoms with van der Waals surface area (Å²) in [6, 6.07) is 14.0. The van der Waals surface area contributed by atoms with E-state index < -0.39 is 0 Å². The second kappa shape index (κ2) is 12.7. The molecule has 1 aliphatic rings. The van der Waals surface area contributed by atoms with Crippen LogP contribution in [0.15, 0.2) is 48.7 Å². The largest absolute Gasteiger partial charge is 0.357 e. The third-order valence-electron chi connectivity index (χ3n) is 5.24. The second-order valence-electron chi connectivity index (χ2n) is 7.43. The van der Waals surface area contributed by atoms with Gasteiger partial charge in [0.15, 0.2) is 0 Å². The fourth-order valence-electron chi connectivity index (χ4n) is 3.46. The van der Waals surface area contributed by atoms with E-state index in [-0.39, 0.29) is 30.7 Å². The molecule has 7 heteroatoms. The van der Waals surface area contributed by atoms with Crippen LogP contribution in [0.2, 0.25) is 0 Å². The van der Waals surface area contributed by atoms with Crippen molar-refractivity contribution in [1.29, 1.82) is 0 Å². The molecule has 5 nitrogen and oxygen atoms in total. The van der Waals surface area contributed by atoms with Crippen molar-refractivity contribution in [3.05, 3.63) is 59.8 Å². The zero-order valence-electron chi connectivity index (χ0n) is 17.0. The minimum atomic E-state index is 0. The molecule has 2 N–H and O–H groups in total. The maximum atomic E-state index is 13.0. The van der Waals surface area contributed by atoms with Crippen molar-refractivity contribution >= 4 is 36.5 Å². The van der Waals surface area contributed by atoms with Crippen LogP contribution in [0, 0.1) is 5.92 Å². The predicted molar refractivity (Wildman–Crippen MR) is 124 cm³/mol. The number of nitrogens with two attached hydrogens (primary N) is 1. The number of pyridine rings is 1. The number of nitrogens with zero attached hydrogens (tertiary/aromatic N) is 3. The quantitative estimate of drug-likeness (QED) is 0.704. The molecule has 0 saturated carbocycles. The van der Waals surface area contributed by atoms with E-state index in [1.54, 1.807) is 6.20 Å². The Balaban J connectivity index is 0.00000210. The van der Waals surface area contributed by atoms with Gasteiger partial charge in [0.2, 0.25) is 0 Å². The molecule has 29 heavy (non-hydrogen) atoms. The van der Waals surface area contributed by atoms with Crippen molar-refractivity contribution in [3.63, 3.8) is 0 Å². The van der Waals surface area contributed by atoms with Gasteiger partial charge in [0.25, 0.3) is 5.91 Å². The van der Waals surface area contributed by atoms with Crippen LogP contribution < -0.4 is 10.6 Å². The average Bonchev–Trinajstić information content (AvgIpc) is 2.72. The van der Waals surface area contributed by atoms with Crippen molar-refractivity contribution < 1.29 is 4.79 Å². The molecule has 0 radical (unpaired) electrons. The molecular formula is C22H32Cl2N4O. The fraction of sp³-hybridized carbons (Fsp3) is 0.455. The number of aromatic nitrogens is 1. The Morgan fingerprint density at radius 1 is 1.14 bits per heavy atom. The fourth-order valence-corrected chi connectivity index (χ4v) is 3.46. The molecule has 1 aliphatic heterocycles. The van der Waals surface area contributed by atoms with Crippen LogP contribution in [0.25, 0.3) is 0 Å². The van der Waals surface area contributed by atoms with E-state index in [9.17, 15) is 4.79 Å². The molecule has 2 heterocycles. The number of rotatable bonds is 7. The average molecular weight is 439 g/mol. The number of hydrogen-bond acceptors (Lipinski definition) is 4. The summed E-state index contributed by atoms with van der Waals surface area (Å²) in [5.41, 5.74) is 7.42. The van der Waals surface area contributed by atoms with E-state index in [4.69, 9.17) is 5.73 Å². The first-order valence-electron chi connectivity index (χ1n) is 9.91. The topological polar surface area (TPSA) is 62.5 Å². The Kier molecular flexibility index (Phi) is 11.0. The molecule has 1 aromatic carbocycles. The summed E-state index contributed by atoms with van der Waals surface area (Å²) in [7, 11) is 0. The van der Waals surface area contributed by atoms with Gasteiger partial charge in [0, 0.05) is 32.4 Å². The van der Waals surface area contributed by atoms with Gasteiger partial charge in [-0.25, -0.2) is 4.98 Å². The number of hydrogen-bond donors (Lipinski definition) is 1. The lowest BCUT2D eigenvalue weighted by Crippen LogP contribution is -2.34. The summed E-state index contributed by atoms with van der Waals surface area (Å²) in [6.45, 7) is 6.19. The molecule has 160 valence electrons. The number of benzene rings is 1. The summed E-state index contributed by atoms with van der Waals surface area (Å²) in [5, 5.41) is 0. The van der Waals surface area contributed by atoms with Gasteiger partial charge >= 0.3 is 0 Å². The van der Waals surface area contributed by atoms with E-state index in [2.05, 4.69) is 16.8 Å². The molecule has 0 aliphatic carbocycles. The summed E-state index contributed by atoms with van der Waals surface area (Å²) >= 11 is 0. The predicted octanol–water partition coefficient (Wildman–Crippen LogP) is 4.15. The van der Waals surface area contributed by atoms with Crippen molar-refractivity contribution in [2.24, 2.45) is 11.7 Å². The monoisotopic (exact) mass is 438 g/mol. The first-order chi connectivity index (χ1) is 13.2. The van der Waals surface area contributed by atoms with Crippen molar-refractivity contribution in [3.8, 4) is 0 Å². The number of piperidine rings is 1. The maximum absolute atomic E-state index is 13.0. The van der Waals surface area contributed by atoms with E-state index >= 15 is 0 Å². The summed E-state index contributed by atoms with van der Waals surface area (Å²) in [4.78, 5) is 21.8. The number of anilines is 1. The molecule has 1 saturated heterocycles. The van der Waals surface area contributed by atoms with Crippen LogP contribution in [0.3, 0.4) is 0 Å². The molecule has 0 atom stereocenters. The highest BCUT2D eigenvalue weighted by molar-refractivity contribution is 5.94. The van der Waals surface area contributed by atoms with Gasteiger partial charge in [-0.3, -0.25) is 4.79 Å². The van der Waals surface area contributed by atoms with E-state index in [0.717, 1.165) is 36.8 Å². The lowest BCUT2D eigenvalue weighted by molar-refractivity contribution is 0.0742. The van der Waals surface area contributed by atoms with E-state index in [0.29, 0.717) is 25.2 Å². The molecule has 3 rings (SSSR count). The molecule has 2 aromatic rings. The standard InChI is InChI=1S/C22H30N4O.2ClH/c1-18-10-14-25(15-11-18)21-9-8-20(16-24-21)22(27)26(13-5-12-23)17-19-6-3-2-4-7-19;;/h2-4,6-9,16,18H,5,10-15,17,23H2,1H3;2*1H. The minimum absolute atomic E-state index is 0. The van der Waals surface area contributed by atoms with Gasteiger partial charge in [-0.2, -0.15) is 0 Å². The highest BCUT2D eigenvalue weighted by Crippen LogP contribution is 2.21. The SMILES string of the molecule is CC1CCN(c2ccc(C(=O)N(CCCN)Cc3ccccc3)cn2)CC1.Cl.Cl. The lowest BCUT2D eigenvalue weighted by atomic mass is 9.99. The molecule has 0 unspecified atom stereocenters. The third kappa shape index (κ3) is 7.18. The van der Waals surface area contributed by atoms with Crippen molar-refractivity contribution in [2.75, 3.05) is 31.1 Å². The Bertz CT molecular complexity index is 719. The molecule has 0 spiro atoms. The highest BCUT2D eigenvalue weighted by atomic mass is 35.5. The molecule has 1 amide bonds. The molecular weight excluding hydrogens is 407 g/mol. The Hall–Kier alpha value is -1.82. The molecule has 1 fully saturated rings. The van der Waals surface area contributed by atoms with Gasteiger partial charge in [0.1, 0.15) is 5.82 Å². The first-order valence-corrected chi connectivity index (χ1v) is 9.91. The number of halogens is 2. The lowest BCUT2D eigenvalue weighted by Gasteiger charge is -2.31. The Morgan fingerprint density at radius 2 is 1.83 bits per heavy atom. The van der Waals surface area contributed by atoms with Crippen LogP contribution in [0.1, 0.15) is 42.1 Å². The normalized spacial score (nSPS) is 13.9. The van der Waals surface area contributed by atoms with Crippen LogP contribution >= 0.6 is 24.8 Å². The Labute approximate surface area is 186 Å². The van der Waals surface area contributed by atoms with Gasteiger partial charge in [0.05, 0.1) is 5.56 Å². The van der Waals surface area contributed by atoms with Crippen LogP contribution in [-0.2, 0) is 6.54 Å². The zero-order chi connectivity index (χ0) is 19.1. The number of carbonyl (C=O) groups is 1. The minimum Gasteiger partial charge on any atom is -0.357 e. The van der Waals surface area contributed by atoms with E-state index in [1.807, 2.05) is 47.4 Å². The Morgan fingerprint density at radius 3 is 2.41 bits per heavy atom.